The second-order valence-electron chi connectivity index (χ2n) is 6.74. The molecule has 0 atom stereocenters. The Morgan fingerprint density at radius 2 is 1.88 bits per heavy atom. The lowest BCUT2D eigenvalue weighted by molar-refractivity contribution is -0.0142. The molecule has 2 aromatic carbocycles. The standard InChI is InChI=1S/C18H20N2O5S/c1-24-13-5-3-12-4-6-14-16(15(12)11-13)25-18(19-17(14)21)7-9-20(10-8-18)26(2,22)23/h3-6,11H,7-10H2,1-2H3,(H,19,21). The summed E-state index contributed by atoms with van der Waals surface area (Å²) in [5.74, 6) is 1.00. The van der Waals surface area contributed by atoms with Crippen molar-refractivity contribution in [1.29, 1.82) is 0 Å². The summed E-state index contributed by atoms with van der Waals surface area (Å²) in [6, 6.07) is 9.26. The van der Waals surface area contributed by atoms with Gasteiger partial charge in [0, 0.05) is 31.3 Å². The zero-order valence-corrected chi connectivity index (χ0v) is 15.4. The van der Waals surface area contributed by atoms with Crippen molar-refractivity contribution in [1.82, 2.24) is 9.62 Å². The van der Waals surface area contributed by atoms with Crippen LogP contribution in [0.2, 0.25) is 0 Å². The maximum Gasteiger partial charge on any atom is 0.258 e. The van der Waals surface area contributed by atoms with Crippen molar-refractivity contribution >= 4 is 26.7 Å². The first kappa shape index (κ1) is 17.1. The fourth-order valence-corrected chi connectivity index (χ4v) is 4.43. The van der Waals surface area contributed by atoms with E-state index in [1.54, 1.807) is 13.2 Å². The van der Waals surface area contributed by atoms with Gasteiger partial charge in [0.2, 0.25) is 10.0 Å². The predicted octanol–water partition coefficient (Wildman–Crippen LogP) is 1.72. The molecule has 1 spiro atoms. The van der Waals surface area contributed by atoms with Crippen LogP contribution in [-0.4, -0.2) is 50.8 Å². The van der Waals surface area contributed by atoms with Gasteiger partial charge in [-0.25, -0.2) is 12.7 Å². The number of carbonyl (C=O) groups excluding carboxylic acids is 1. The van der Waals surface area contributed by atoms with Crippen LogP contribution in [0.5, 0.6) is 11.5 Å². The summed E-state index contributed by atoms with van der Waals surface area (Å²) in [6.07, 6.45) is 1.98. The molecule has 2 aliphatic rings. The minimum atomic E-state index is -3.25. The van der Waals surface area contributed by atoms with Gasteiger partial charge in [0.15, 0.2) is 5.72 Å². The molecule has 1 N–H and O–H groups in total. The minimum Gasteiger partial charge on any atom is -0.497 e. The highest BCUT2D eigenvalue weighted by Gasteiger charge is 2.44. The number of hydrogen-bond donors (Lipinski definition) is 1. The van der Waals surface area contributed by atoms with Crippen molar-refractivity contribution in [3.05, 3.63) is 35.9 Å². The third-order valence-electron chi connectivity index (χ3n) is 5.06. The third kappa shape index (κ3) is 2.79. The van der Waals surface area contributed by atoms with Crippen LogP contribution in [0.15, 0.2) is 30.3 Å². The number of rotatable bonds is 2. The molecule has 0 saturated carbocycles. The molecular weight excluding hydrogens is 356 g/mol. The van der Waals surface area contributed by atoms with E-state index in [0.29, 0.717) is 43.0 Å². The van der Waals surface area contributed by atoms with Crippen molar-refractivity contribution in [2.75, 3.05) is 26.5 Å². The Hall–Kier alpha value is -2.32. The van der Waals surface area contributed by atoms with Crippen LogP contribution in [0, 0.1) is 0 Å². The first-order chi connectivity index (χ1) is 12.3. The highest BCUT2D eigenvalue weighted by Crippen LogP contribution is 2.39. The van der Waals surface area contributed by atoms with Crippen molar-refractivity contribution in [3.63, 3.8) is 0 Å². The number of hydrogen-bond acceptors (Lipinski definition) is 5. The van der Waals surface area contributed by atoms with E-state index >= 15 is 0 Å². The maximum absolute atomic E-state index is 12.7. The molecule has 26 heavy (non-hydrogen) atoms. The summed E-state index contributed by atoms with van der Waals surface area (Å²) in [4.78, 5) is 12.7. The van der Waals surface area contributed by atoms with E-state index in [1.165, 1.54) is 10.6 Å². The first-order valence-corrected chi connectivity index (χ1v) is 10.2. The van der Waals surface area contributed by atoms with E-state index in [4.69, 9.17) is 9.47 Å². The molecule has 2 aromatic rings. The highest BCUT2D eigenvalue weighted by molar-refractivity contribution is 7.88. The lowest BCUT2D eigenvalue weighted by atomic mass is 9.96. The fraction of sp³-hybridized carbons (Fsp3) is 0.389. The number of carbonyl (C=O) groups is 1. The molecule has 8 heteroatoms. The van der Waals surface area contributed by atoms with Crippen LogP contribution in [-0.2, 0) is 10.0 Å². The summed E-state index contributed by atoms with van der Waals surface area (Å²) in [6.45, 7) is 0.616. The number of piperidine rings is 1. The number of nitrogens with zero attached hydrogens (tertiary/aromatic N) is 1. The minimum absolute atomic E-state index is 0.205. The highest BCUT2D eigenvalue weighted by atomic mass is 32.2. The molecular formula is C18H20N2O5S. The van der Waals surface area contributed by atoms with Gasteiger partial charge in [-0.3, -0.25) is 4.79 Å². The number of nitrogens with one attached hydrogen (secondary N) is 1. The number of fused-ring (bicyclic) bond motifs is 3. The molecule has 7 nitrogen and oxygen atoms in total. The lowest BCUT2D eigenvalue weighted by Crippen LogP contribution is -2.61. The van der Waals surface area contributed by atoms with E-state index in [9.17, 15) is 13.2 Å². The van der Waals surface area contributed by atoms with Gasteiger partial charge in [0.05, 0.1) is 18.9 Å². The first-order valence-electron chi connectivity index (χ1n) is 8.39. The largest absolute Gasteiger partial charge is 0.497 e. The molecule has 1 fully saturated rings. The van der Waals surface area contributed by atoms with Crippen molar-refractivity contribution in [2.45, 2.75) is 18.6 Å². The molecule has 2 heterocycles. The quantitative estimate of drug-likeness (QED) is 0.863. The Balaban J connectivity index is 1.74. The molecule has 2 aliphatic heterocycles. The average molecular weight is 376 g/mol. The number of ether oxygens (including phenoxy) is 2. The average Bonchev–Trinajstić information content (AvgIpc) is 2.60. The summed E-state index contributed by atoms with van der Waals surface area (Å²) < 4.78 is 36.5. The Bertz CT molecular complexity index is 994. The summed E-state index contributed by atoms with van der Waals surface area (Å²) in [5.41, 5.74) is -0.412. The monoisotopic (exact) mass is 376 g/mol. The molecule has 0 unspecified atom stereocenters. The third-order valence-corrected chi connectivity index (χ3v) is 6.36. The fourth-order valence-electron chi connectivity index (χ4n) is 3.59. The van der Waals surface area contributed by atoms with E-state index < -0.39 is 15.7 Å². The molecule has 1 saturated heterocycles. The number of sulfonamides is 1. The molecule has 1 amide bonds. The maximum atomic E-state index is 12.7. The van der Waals surface area contributed by atoms with Crippen molar-refractivity contribution < 1.29 is 22.7 Å². The van der Waals surface area contributed by atoms with Crippen LogP contribution in [0.1, 0.15) is 23.2 Å². The normalized spacial score (nSPS) is 19.7. The predicted molar refractivity (Wildman–Crippen MR) is 97.0 cm³/mol. The van der Waals surface area contributed by atoms with Crippen LogP contribution in [0.3, 0.4) is 0 Å². The van der Waals surface area contributed by atoms with Gasteiger partial charge in [-0.05, 0) is 23.6 Å². The van der Waals surface area contributed by atoms with Crippen LogP contribution >= 0.6 is 0 Å². The van der Waals surface area contributed by atoms with Crippen LogP contribution in [0.25, 0.3) is 10.8 Å². The van der Waals surface area contributed by atoms with E-state index in [-0.39, 0.29) is 5.91 Å². The van der Waals surface area contributed by atoms with E-state index in [2.05, 4.69) is 5.32 Å². The van der Waals surface area contributed by atoms with Gasteiger partial charge in [-0.2, -0.15) is 0 Å². The Labute approximate surface area is 151 Å². The van der Waals surface area contributed by atoms with Crippen LogP contribution in [0.4, 0.5) is 0 Å². The second-order valence-corrected chi connectivity index (χ2v) is 8.72. The summed E-state index contributed by atoms with van der Waals surface area (Å²) in [5, 5.41) is 4.69. The zero-order chi connectivity index (χ0) is 18.5. The van der Waals surface area contributed by atoms with Gasteiger partial charge in [0.25, 0.3) is 5.91 Å². The van der Waals surface area contributed by atoms with Gasteiger partial charge in [-0.15, -0.1) is 0 Å². The molecule has 0 aromatic heterocycles. The Kier molecular flexibility index (Phi) is 3.85. The van der Waals surface area contributed by atoms with Crippen LogP contribution < -0.4 is 14.8 Å². The zero-order valence-electron chi connectivity index (χ0n) is 14.6. The van der Waals surface area contributed by atoms with E-state index in [0.717, 1.165) is 10.8 Å². The smallest absolute Gasteiger partial charge is 0.258 e. The topological polar surface area (TPSA) is 84.9 Å². The SMILES string of the molecule is COc1ccc2ccc3c(c2c1)OC1(CCN(S(C)(=O)=O)CC1)NC3=O. The Morgan fingerprint density at radius 3 is 2.54 bits per heavy atom. The number of benzene rings is 2. The van der Waals surface area contributed by atoms with Gasteiger partial charge in [0.1, 0.15) is 11.5 Å². The summed E-state index contributed by atoms with van der Waals surface area (Å²) >= 11 is 0. The second kappa shape index (κ2) is 5.85. The molecule has 0 radical (unpaired) electrons. The van der Waals surface area contributed by atoms with Gasteiger partial charge >= 0.3 is 0 Å². The molecule has 0 aliphatic carbocycles. The van der Waals surface area contributed by atoms with Crippen molar-refractivity contribution in [2.24, 2.45) is 0 Å². The molecule has 138 valence electrons. The molecule has 0 bridgehead atoms. The van der Waals surface area contributed by atoms with E-state index in [1.807, 2.05) is 24.3 Å². The number of methoxy groups -OCH3 is 1. The van der Waals surface area contributed by atoms with Gasteiger partial charge in [-0.1, -0.05) is 12.1 Å². The molecule has 4 rings (SSSR count). The van der Waals surface area contributed by atoms with Gasteiger partial charge < -0.3 is 14.8 Å². The lowest BCUT2D eigenvalue weighted by Gasteiger charge is -2.44. The number of amides is 1. The summed E-state index contributed by atoms with van der Waals surface area (Å²) in [7, 11) is -1.66. The van der Waals surface area contributed by atoms with Crippen molar-refractivity contribution in [3.8, 4) is 11.5 Å². The Morgan fingerprint density at radius 1 is 1.19 bits per heavy atom.